The number of carbonyl (C=O) groups is 2. The highest BCUT2D eigenvalue weighted by molar-refractivity contribution is 7.47. The molecule has 2 atom stereocenters. The zero-order valence-electron chi connectivity index (χ0n) is 32.1. The topological polar surface area (TPSA) is 120 Å². The number of unbranched alkanes of at least 4 members (excludes halogenated alkanes) is 17. The molecule has 0 aliphatic carbocycles. The normalized spacial score (nSPS) is 13.8. The molecule has 10 heteroatoms. The predicted molar refractivity (Wildman–Crippen MR) is 206 cm³/mol. The fourth-order valence-electron chi connectivity index (χ4n) is 5.15. The summed E-state index contributed by atoms with van der Waals surface area (Å²) in [6, 6.07) is 0. The van der Waals surface area contributed by atoms with Crippen molar-refractivity contribution < 1.29 is 37.6 Å². The Labute approximate surface area is 306 Å². The fraction of sp³-hybridized carbons (Fsp3) is 0.800. The maximum absolute atomic E-state index is 12.5. The maximum atomic E-state index is 12.5. The van der Waals surface area contributed by atoms with Crippen LogP contribution in [0.2, 0.25) is 0 Å². The van der Waals surface area contributed by atoms with Crippen LogP contribution in [0, 0.1) is 0 Å². The Balaban J connectivity index is 4.26. The van der Waals surface area contributed by atoms with Crippen LogP contribution in [0.15, 0.2) is 36.5 Å². The molecule has 0 aromatic heterocycles. The van der Waals surface area contributed by atoms with E-state index in [9.17, 15) is 19.0 Å². The SMILES string of the molecule is CCCC/C=C\CCCCCCCC(=O)OC(COC(=O)CCCCCCCCC/C=C\C/C=C\CCCCC)COP(=O)(O)OCCNC. The van der Waals surface area contributed by atoms with Crippen LogP contribution in [-0.4, -0.2) is 56.3 Å². The molecule has 0 rings (SSSR count). The third kappa shape index (κ3) is 36.0. The van der Waals surface area contributed by atoms with Crippen LogP contribution in [0.3, 0.4) is 0 Å². The van der Waals surface area contributed by atoms with Gasteiger partial charge in [-0.3, -0.25) is 18.6 Å². The van der Waals surface area contributed by atoms with Crippen LogP contribution in [0.5, 0.6) is 0 Å². The number of esters is 2. The Hall–Kier alpha value is -1.77. The Kier molecular flexibility index (Phi) is 35.7. The molecule has 0 fully saturated rings. The average Bonchev–Trinajstić information content (AvgIpc) is 3.09. The van der Waals surface area contributed by atoms with Crippen LogP contribution in [0.1, 0.15) is 168 Å². The molecule has 0 saturated carbocycles. The first-order valence-corrected chi connectivity index (χ1v) is 21.4. The largest absolute Gasteiger partial charge is 0.472 e. The van der Waals surface area contributed by atoms with Gasteiger partial charge in [0.05, 0.1) is 13.2 Å². The average molecular weight is 728 g/mol. The number of carbonyl (C=O) groups excluding carboxylic acids is 2. The quantitative estimate of drug-likeness (QED) is 0.0279. The smallest absolute Gasteiger partial charge is 0.462 e. The van der Waals surface area contributed by atoms with Crippen molar-refractivity contribution in [2.24, 2.45) is 0 Å². The fourth-order valence-corrected chi connectivity index (χ4v) is 5.90. The number of likely N-dealkylation sites (N-methyl/N-ethyl adjacent to an activating group) is 1. The minimum absolute atomic E-state index is 0.0203. The van der Waals surface area contributed by atoms with Crippen LogP contribution in [0.4, 0.5) is 0 Å². The lowest BCUT2D eigenvalue weighted by atomic mass is 10.1. The summed E-state index contributed by atoms with van der Waals surface area (Å²) in [5.41, 5.74) is 0. The van der Waals surface area contributed by atoms with Gasteiger partial charge < -0.3 is 19.7 Å². The van der Waals surface area contributed by atoms with E-state index >= 15 is 0 Å². The van der Waals surface area contributed by atoms with Gasteiger partial charge in [0.25, 0.3) is 0 Å². The van der Waals surface area contributed by atoms with E-state index in [0.29, 0.717) is 13.0 Å². The number of allylic oxidation sites excluding steroid dienone is 6. The lowest BCUT2D eigenvalue weighted by Gasteiger charge is -2.20. The van der Waals surface area contributed by atoms with Crippen LogP contribution in [-0.2, 0) is 32.7 Å². The second-order valence-electron chi connectivity index (χ2n) is 13.1. The van der Waals surface area contributed by atoms with Gasteiger partial charge in [-0.05, 0) is 71.3 Å². The highest BCUT2D eigenvalue weighted by Gasteiger charge is 2.26. The van der Waals surface area contributed by atoms with Crippen LogP contribution >= 0.6 is 7.82 Å². The standard InChI is InChI=1S/C40H74NO8P/c1-4-6-8-10-12-14-16-17-18-19-20-21-23-24-26-28-30-32-39(42)46-36-38(37-48-50(44,45)47-35-34-41-3)49-40(43)33-31-29-27-25-22-15-13-11-9-7-5-2/h11-14,17-18,38,41H,4-10,15-16,19-37H2,1-3H3,(H,44,45)/b13-11-,14-12-,18-17-. The molecule has 0 heterocycles. The number of hydrogen-bond donors (Lipinski definition) is 2. The van der Waals surface area contributed by atoms with Gasteiger partial charge in [0.1, 0.15) is 6.61 Å². The van der Waals surface area contributed by atoms with Crippen molar-refractivity contribution in [1.82, 2.24) is 5.32 Å². The number of hydrogen-bond acceptors (Lipinski definition) is 8. The van der Waals surface area contributed by atoms with E-state index < -0.39 is 26.5 Å². The molecule has 0 amide bonds. The Morgan fingerprint density at radius 1 is 0.620 bits per heavy atom. The Bertz CT molecular complexity index is 923. The molecule has 9 nitrogen and oxygen atoms in total. The van der Waals surface area contributed by atoms with E-state index in [-0.39, 0.29) is 32.0 Å². The lowest BCUT2D eigenvalue weighted by molar-refractivity contribution is -0.161. The lowest BCUT2D eigenvalue weighted by Crippen LogP contribution is -2.29. The molecule has 0 saturated heterocycles. The molecule has 0 aliphatic rings. The molecule has 50 heavy (non-hydrogen) atoms. The number of nitrogens with one attached hydrogen (secondary N) is 1. The summed E-state index contributed by atoms with van der Waals surface area (Å²) in [4.78, 5) is 34.9. The third-order valence-electron chi connectivity index (χ3n) is 8.23. The molecule has 0 aromatic rings. The van der Waals surface area contributed by atoms with Gasteiger partial charge in [0.2, 0.25) is 0 Å². The zero-order chi connectivity index (χ0) is 36.8. The van der Waals surface area contributed by atoms with Crippen molar-refractivity contribution in [3.8, 4) is 0 Å². The zero-order valence-corrected chi connectivity index (χ0v) is 33.0. The minimum atomic E-state index is -4.35. The summed E-state index contributed by atoms with van der Waals surface area (Å²) >= 11 is 0. The summed E-state index contributed by atoms with van der Waals surface area (Å²) in [7, 11) is -2.65. The van der Waals surface area contributed by atoms with Crippen LogP contribution < -0.4 is 5.32 Å². The van der Waals surface area contributed by atoms with Gasteiger partial charge in [-0.2, -0.15) is 0 Å². The van der Waals surface area contributed by atoms with Gasteiger partial charge in [0.15, 0.2) is 6.10 Å². The molecule has 0 aromatic carbocycles. The van der Waals surface area contributed by atoms with Crippen molar-refractivity contribution in [1.29, 1.82) is 0 Å². The Morgan fingerprint density at radius 3 is 1.66 bits per heavy atom. The first-order valence-electron chi connectivity index (χ1n) is 19.9. The molecule has 2 N–H and O–H groups in total. The summed E-state index contributed by atoms with van der Waals surface area (Å²) in [5, 5.41) is 2.82. The second-order valence-corrected chi connectivity index (χ2v) is 14.6. The second kappa shape index (κ2) is 37.0. The Morgan fingerprint density at radius 2 is 1.10 bits per heavy atom. The molecule has 0 aliphatic heterocycles. The third-order valence-corrected chi connectivity index (χ3v) is 9.22. The molecule has 0 radical (unpaired) electrons. The highest BCUT2D eigenvalue weighted by atomic mass is 31.2. The molecule has 2 unspecified atom stereocenters. The van der Waals surface area contributed by atoms with Gasteiger partial charge in [-0.15, -0.1) is 0 Å². The summed E-state index contributed by atoms with van der Waals surface area (Å²) in [6.45, 7) is 4.13. The van der Waals surface area contributed by atoms with E-state index in [0.717, 1.165) is 77.0 Å². The number of rotatable bonds is 37. The first kappa shape index (κ1) is 48.2. The summed E-state index contributed by atoms with van der Waals surface area (Å²) in [6.07, 6.45) is 37.6. The van der Waals surface area contributed by atoms with E-state index in [1.807, 2.05) is 0 Å². The van der Waals surface area contributed by atoms with Gasteiger partial charge in [-0.25, -0.2) is 4.57 Å². The van der Waals surface area contributed by atoms with Gasteiger partial charge in [-0.1, -0.05) is 127 Å². The van der Waals surface area contributed by atoms with Crippen molar-refractivity contribution >= 4 is 19.8 Å². The monoisotopic (exact) mass is 728 g/mol. The number of ether oxygens (including phenoxy) is 2. The van der Waals surface area contributed by atoms with Crippen LogP contribution in [0.25, 0.3) is 0 Å². The van der Waals surface area contributed by atoms with Crippen molar-refractivity contribution in [3.05, 3.63) is 36.5 Å². The van der Waals surface area contributed by atoms with Gasteiger partial charge >= 0.3 is 19.8 Å². The van der Waals surface area contributed by atoms with Crippen molar-refractivity contribution in [3.63, 3.8) is 0 Å². The molecule has 0 spiro atoms. The van der Waals surface area contributed by atoms with E-state index in [1.54, 1.807) is 7.05 Å². The molecular weight excluding hydrogens is 653 g/mol. The molecular formula is C40H74NO8P. The number of phosphoric acid groups is 1. The maximum Gasteiger partial charge on any atom is 0.472 e. The van der Waals surface area contributed by atoms with E-state index in [1.165, 1.54) is 57.8 Å². The minimum Gasteiger partial charge on any atom is -0.462 e. The van der Waals surface area contributed by atoms with Gasteiger partial charge in [0, 0.05) is 19.4 Å². The van der Waals surface area contributed by atoms with E-state index in [2.05, 4.69) is 55.6 Å². The predicted octanol–water partition coefficient (Wildman–Crippen LogP) is 10.9. The summed E-state index contributed by atoms with van der Waals surface area (Å²) in [5.74, 6) is -0.829. The molecule has 0 bridgehead atoms. The van der Waals surface area contributed by atoms with E-state index in [4.69, 9.17) is 18.5 Å². The number of phosphoric ester groups is 1. The summed E-state index contributed by atoms with van der Waals surface area (Å²) < 4.78 is 33.0. The van der Waals surface area contributed by atoms with Crippen molar-refractivity contribution in [2.45, 2.75) is 174 Å². The first-order chi connectivity index (χ1) is 24.3. The highest BCUT2D eigenvalue weighted by Crippen LogP contribution is 2.43. The van der Waals surface area contributed by atoms with Crippen molar-refractivity contribution in [2.75, 3.05) is 33.4 Å². The molecule has 292 valence electrons.